The quantitative estimate of drug-likeness (QED) is 0.768. The normalized spacial score (nSPS) is 23.3. The van der Waals surface area contributed by atoms with Gasteiger partial charge >= 0.3 is 5.97 Å². The number of nitrogens with zero attached hydrogens (tertiary/aromatic N) is 1. The summed E-state index contributed by atoms with van der Waals surface area (Å²) in [6.45, 7) is 1.97. The van der Waals surface area contributed by atoms with E-state index in [2.05, 4.69) is 15.6 Å². The standard InChI is InChI=1S/C14H17N3O3/c18-12(10-7-14(10)3-5-15-6-4-14)17-9-1-2-11(13(19)20)16-8-9/h1-2,8,10,15H,3-7H2,(H,17,18)(H,19,20). The van der Waals surface area contributed by atoms with Crippen molar-refractivity contribution in [1.82, 2.24) is 10.3 Å². The number of carbonyl (C=O) groups is 2. The summed E-state index contributed by atoms with van der Waals surface area (Å²) in [6, 6.07) is 2.97. The molecule has 1 aliphatic heterocycles. The molecule has 106 valence electrons. The van der Waals surface area contributed by atoms with Gasteiger partial charge in [0.15, 0.2) is 0 Å². The zero-order chi connectivity index (χ0) is 14.2. The van der Waals surface area contributed by atoms with Gasteiger partial charge in [0.05, 0.1) is 11.9 Å². The Labute approximate surface area is 116 Å². The minimum Gasteiger partial charge on any atom is -0.477 e. The Morgan fingerprint density at radius 1 is 1.35 bits per heavy atom. The van der Waals surface area contributed by atoms with Gasteiger partial charge in [0, 0.05) is 5.92 Å². The van der Waals surface area contributed by atoms with Gasteiger partial charge in [-0.1, -0.05) is 0 Å². The Morgan fingerprint density at radius 3 is 2.70 bits per heavy atom. The molecule has 2 fully saturated rings. The monoisotopic (exact) mass is 275 g/mol. The van der Waals surface area contributed by atoms with Gasteiger partial charge in [0.1, 0.15) is 5.69 Å². The van der Waals surface area contributed by atoms with Crippen LogP contribution in [0.25, 0.3) is 0 Å². The van der Waals surface area contributed by atoms with E-state index in [0.717, 1.165) is 32.4 Å². The van der Waals surface area contributed by atoms with Crippen LogP contribution in [-0.4, -0.2) is 35.1 Å². The molecular formula is C14H17N3O3. The van der Waals surface area contributed by atoms with Crippen molar-refractivity contribution in [3.63, 3.8) is 0 Å². The second kappa shape index (κ2) is 4.86. The van der Waals surface area contributed by atoms with Gasteiger partial charge in [0.25, 0.3) is 0 Å². The molecule has 3 N–H and O–H groups in total. The predicted molar refractivity (Wildman–Crippen MR) is 72.5 cm³/mol. The Kier molecular flexibility index (Phi) is 3.17. The first-order valence-electron chi connectivity index (χ1n) is 6.82. The van der Waals surface area contributed by atoms with Crippen molar-refractivity contribution in [3.05, 3.63) is 24.0 Å². The number of anilines is 1. The number of hydrogen-bond acceptors (Lipinski definition) is 4. The number of piperidine rings is 1. The zero-order valence-electron chi connectivity index (χ0n) is 11.1. The van der Waals surface area contributed by atoms with E-state index >= 15 is 0 Å². The summed E-state index contributed by atoms with van der Waals surface area (Å²) >= 11 is 0. The van der Waals surface area contributed by atoms with Gasteiger partial charge in [-0.2, -0.15) is 0 Å². The summed E-state index contributed by atoms with van der Waals surface area (Å²) < 4.78 is 0. The van der Waals surface area contributed by atoms with E-state index in [1.807, 2.05) is 0 Å². The van der Waals surface area contributed by atoms with Crippen LogP contribution in [0.15, 0.2) is 18.3 Å². The van der Waals surface area contributed by atoms with Crippen LogP contribution in [0.1, 0.15) is 29.8 Å². The Morgan fingerprint density at radius 2 is 2.10 bits per heavy atom. The van der Waals surface area contributed by atoms with Crippen molar-refractivity contribution < 1.29 is 14.7 Å². The predicted octanol–water partition coefficient (Wildman–Crippen LogP) is 1.11. The summed E-state index contributed by atoms with van der Waals surface area (Å²) in [7, 11) is 0. The molecule has 0 radical (unpaired) electrons. The molecule has 3 rings (SSSR count). The van der Waals surface area contributed by atoms with Gasteiger partial charge in [-0.15, -0.1) is 0 Å². The number of carboxylic acid groups (broad SMARTS) is 1. The molecule has 2 heterocycles. The average molecular weight is 275 g/mol. The van der Waals surface area contributed by atoms with Crippen molar-refractivity contribution in [2.45, 2.75) is 19.3 Å². The first-order chi connectivity index (χ1) is 9.61. The molecule has 0 bridgehead atoms. The van der Waals surface area contributed by atoms with Crippen molar-refractivity contribution in [3.8, 4) is 0 Å². The summed E-state index contributed by atoms with van der Waals surface area (Å²) in [6.07, 6.45) is 4.46. The largest absolute Gasteiger partial charge is 0.477 e. The minimum absolute atomic E-state index is 0.0238. The average Bonchev–Trinajstić information content (AvgIpc) is 3.14. The van der Waals surface area contributed by atoms with E-state index in [9.17, 15) is 9.59 Å². The second-order valence-electron chi connectivity index (χ2n) is 5.60. The van der Waals surface area contributed by atoms with Crippen LogP contribution >= 0.6 is 0 Å². The molecule has 1 aliphatic carbocycles. The first-order valence-corrected chi connectivity index (χ1v) is 6.82. The van der Waals surface area contributed by atoms with Crippen LogP contribution in [0, 0.1) is 11.3 Å². The molecule has 6 nitrogen and oxygen atoms in total. The van der Waals surface area contributed by atoms with Gasteiger partial charge in [0.2, 0.25) is 5.91 Å². The molecule has 1 saturated carbocycles. The lowest BCUT2D eigenvalue weighted by Crippen LogP contribution is -2.31. The maximum atomic E-state index is 12.2. The van der Waals surface area contributed by atoms with E-state index < -0.39 is 5.97 Å². The van der Waals surface area contributed by atoms with E-state index in [-0.39, 0.29) is 22.9 Å². The van der Waals surface area contributed by atoms with Crippen LogP contribution in [0.2, 0.25) is 0 Å². The molecule has 6 heteroatoms. The lowest BCUT2D eigenvalue weighted by Gasteiger charge is -2.23. The number of pyridine rings is 1. The van der Waals surface area contributed by atoms with E-state index in [1.165, 1.54) is 12.3 Å². The molecule has 1 atom stereocenters. The lowest BCUT2D eigenvalue weighted by molar-refractivity contribution is -0.118. The Balaban J connectivity index is 1.61. The Bertz CT molecular complexity index is 535. The lowest BCUT2D eigenvalue weighted by atomic mass is 9.92. The summed E-state index contributed by atoms with van der Waals surface area (Å²) in [5, 5.41) is 14.9. The summed E-state index contributed by atoms with van der Waals surface area (Å²) in [5.74, 6) is -0.959. The molecule has 1 saturated heterocycles. The molecule has 1 aromatic rings. The van der Waals surface area contributed by atoms with Crippen LogP contribution in [0.3, 0.4) is 0 Å². The van der Waals surface area contributed by atoms with Gasteiger partial charge < -0.3 is 15.7 Å². The van der Waals surface area contributed by atoms with E-state index in [1.54, 1.807) is 6.07 Å². The number of aromatic nitrogens is 1. The number of aromatic carboxylic acids is 1. The first kappa shape index (κ1) is 13.1. The highest BCUT2D eigenvalue weighted by molar-refractivity contribution is 5.95. The fourth-order valence-electron chi connectivity index (χ4n) is 3.02. The summed E-state index contributed by atoms with van der Waals surface area (Å²) in [5.41, 5.74) is 0.726. The third-order valence-electron chi connectivity index (χ3n) is 4.36. The molecule has 2 aliphatic rings. The van der Waals surface area contributed by atoms with Crippen LogP contribution in [0.5, 0.6) is 0 Å². The number of hydrogen-bond donors (Lipinski definition) is 3. The minimum atomic E-state index is -1.07. The number of amides is 1. The number of nitrogens with one attached hydrogen (secondary N) is 2. The maximum absolute atomic E-state index is 12.2. The highest BCUT2D eigenvalue weighted by atomic mass is 16.4. The van der Waals surface area contributed by atoms with Crippen LogP contribution in [-0.2, 0) is 4.79 Å². The van der Waals surface area contributed by atoms with Crippen LogP contribution < -0.4 is 10.6 Å². The second-order valence-corrected chi connectivity index (χ2v) is 5.60. The number of rotatable bonds is 3. The molecule has 1 spiro atoms. The van der Waals surface area contributed by atoms with Crippen molar-refractivity contribution in [2.24, 2.45) is 11.3 Å². The summed E-state index contributed by atoms with van der Waals surface area (Å²) in [4.78, 5) is 26.7. The third-order valence-corrected chi connectivity index (χ3v) is 4.36. The van der Waals surface area contributed by atoms with Gasteiger partial charge in [-0.25, -0.2) is 9.78 Å². The zero-order valence-corrected chi connectivity index (χ0v) is 11.1. The molecule has 0 aromatic carbocycles. The fourth-order valence-corrected chi connectivity index (χ4v) is 3.02. The smallest absolute Gasteiger partial charge is 0.354 e. The van der Waals surface area contributed by atoms with Crippen molar-refractivity contribution >= 4 is 17.6 Å². The highest BCUT2D eigenvalue weighted by Crippen LogP contribution is 2.58. The van der Waals surface area contributed by atoms with E-state index in [0.29, 0.717) is 5.69 Å². The van der Waals surface area contributed by atoms with Gasteiger partial charge in [-0.3, -0.25) is 4.79 Å². The molecule has 20 heavy (non-hydrogen) atoms. The fraction of sp³-hybridized carbons (Fsp3) is 0.500. The molecule has 1 unspecified atom stereocenters. The van der Waals surface area contributed by atoms with Crippen LogP contribution in [0.4, 0.5) is 5.69 Å². The molecule has 1 aromatic heterocycles. The topological polar surface area (TPSA) is 91.3 Å². The number of carboxylic acids is 1. The molecule has 1 amide bonds. The maximum Gasteiger partial charge on any atom is 0.354 e. The van der Waals surface area contributed by atoms with Crippen molar-refractivity contribution in [2.75, 3.05) is 18.4 Å². The van der Waals surface area contributed by atoms with Crippen molar-refractivity contribution in [1.29, 1.82) is 0 Å². The third kappa shape index (κ3) is 2.38. The Hall–Kier alpha value is -1.95. The van der Waals surface area contributed by atoms with Gasteiger partial charge in [-0.05, 0) is 49.9 Å². The van der Waals surface area contributed by atoms with E-state index in [4.69, 9.17) is 5.11 Å². The number of carbonyl (C=O) groups excluding carboxylic acids is 1. The molecular weight excluding hydrogens is 258 g/mol. The highest BCUT2D eigenvalue weighted by Gasteiger charge is 2.57. The SMILES string of the molecule is O=C(O)c1ccc(NC(=O)C2CC23CCNCC3)cn1.